The molecular weight excluding hydrogens is 252 g/mol. The van der Waals surface area contributed by atoms with Crippen LogP contribution in [0.15, 0.2) is 36.4 Å². The van der Waals surface area contributed by atoms with Crippen molar-refractivity contribution >= 4 is 12.0 Å². The lowest BCUT2D eigenvalue weighted by Gasteiger charge is -2.18. The van der Waals surface area contributed by atoms with Crippen LogP contribution in [0.3, 0.4) is 0 Å². The van der Waals surface area contributed by atoms with Gasteiger partial charge in [-0.3, -0.25) is 4.79 Å². The van der Waals surface area contributed by atoms with Crippen molar-refractivity contribution in [1.82, 2.24) is 10.6 Å². The van der Waals surface area contributed by atoms with Gasteiger partial charge in [-0.2, -0.15) is 0 Å². The molecule has 0 spiro atoms. The molecule has 1 fully saturated rings. The van der Waals surface area contributed by atoms with Crippen LogP contribution >= 0.6 is 0 Å². The summed E-state index contributed by atoms with van der Waals surface area (Å²) in [6.07, 6.45) is 5.42. The highest BCUT2D eigenvalue weighted by atomic mass is 16.5. The summed E-state index contributed by atoms with van der Waals surface area (Å²) in [5.41, 5.74) is 1.16. The predicted octanol–water partition coefficient (Wildman–Crippen LogP) is 1.58. The molecule has 0 bridgehead atoms. The molecule has 1 heterocycles. The van der Waals surface area contributed by atoms with E-state index in [9.17, 15) is 4.79 Å². The molecule has 0 radical (unpaired) electrons. The average Bonchev–Trinajstić information content (AvgIpc) is 2.92. The molecule has 1 saturated heterocycles. The molecule has 1 aliphatic rings. The first-order valence-electron chi connectivity index (χ1n) is 7.04. The number of carbonyl (C=O) groups excluding carboxylic acids is 1. The molecule has 0 aromatic heterocycles. The van der Waals surface area contributed by atoms with Gasteiger partial charge in [-0.15, -0.1) is 0 Å². The van der Waals surface area contributed by atoms with Gasteiger partial charge in [-0.25, -0.2) is 0 Å². The molecular formula is C16H22N2O2. The molecule has 0 aliphatic carbocycles. The molecule has 108 valence electrons. The second-order valence-electron chi connectivity index (χ2n) is 4.96. The van der Waals surface area contributed by atoms with Gasteiger partial charge in [0, 0.05) is 26.6 Å². The van der Waals surface area contributed by atoms with Crippen LogP contribution < -0.4 is 10.6 Å². The molecule has 2 rings (SSSR count). The zero-order valence-electron chi connectivity index (χ0n) is 11.8. The summed E-state index contributed by atoms with van der Waals surface area (Å²) in [6, 6.07) is 10.2. The third kappa shape index (κ3) is 4.47. The second-order valence-corrected chi connectivity index (χ2v) is 4.96. The lowest BCUT2D eigenvalue weighted by molar-refractivity contribution is -0.122. The van der Waals surface area contributed by atoms with Crippen molar-refractivity contribution in [2.45, 2.75) is 25.0 Å². The van der Waals surface area contributed by atoms with Crippen LogP contribution in [0.2, 0.25) is 0 Å². The fraction of sp³-hybridized carbons (Fsp3) is 0.438. The van der Waals surface area contributed by atoms with Gasteiger partial charge >= 0.3 is 0 Å². The van der Waals surface area contributed by atoms with E-state index in [2.05, 4.69) is 10.6 Å². The largest absolute Gasteiger partial charge is 0.378 e. The number of methoxy groups -OCH3 is 1. The van der Waals surface area contributed by atoms with Gasteiger partial charge in [-0.1, -0.05) is 42.5 Å². The number of hydrogen-bond donors (Lipinski definition) is 2. The standard InChI is InChI=1S/C16H22N2O2/c1-20-15-12-17-11-14(15)18-16(19)10-6-5-9-13-7-3-2-4-8-13/h2-5,7-9,14-15,17H,6,10-12H2,1H3,(H,18,19)/b9-5+/t14-,15+/m1/s1. The summed E-state index contributed by atoms with van der Waals surface area (Å²) >= 11 is 0. The van der Waals surface area contributed by atoms with E-state index in [0.29, 0.717) is 6.42 Å². The monoisotopic (exact) mass is 274 g/mol. The topological polar surface area (TPSA) is 50.4 Å². The maximum Gasteiger partial charge on any atom is 0.220 e. The Bertz CT molecular complexity index is 445. The summed E-state index contributed by atoms with van der Waals surface area (Å²) in [6.45, 7) is 1.58. The molecule has 0 saturated carbocycles. The van der Waals surface area contributed by atoms with E-state index in [-0.39, 0.29) is 18.1 Å². The highest BCUT2D eigenvalue weighted by Crippen LogP contribution is 2.06. The van der Waals surface area contributed by atoms with Gasteiger partial charge in [-0.05, 0) is 12.0 Å². The minimum absolute atomic E-state index is 0.0819. The Balaban J connectivity index is 1.69. The van der Waals surface area contributed by atoms with Crippen molar-refractivity contribution < 1.29 is 9.53 Å². The minimum atomic E-state index is 0.0819. The predicted molar refractivity (Wildman–Crippen MR) is 80.3 cm³/mol. The van der Waals surface area contributed by atoms with Gasteiger partial charge in [0.25, 0.3) is 0 Å². The van der Waals surface area contributed by atoms with Crippen LogP contribution in [0.25, 0.3) is 6.08 Å². The Morgan fingerprint density at radius 1 is 1.40 bits per heavy atom. The maximum atomic E-state index is 11.8. The number of amides is 1. The molecule has 2 atom stereocenters. The first kappa shape index (κ1) is 14.8. The minimum Gasteiger partial charge on any atom is -0.378 e. The van der Waals surface area contributed by atoms with E-state index in [0.717, 1.165) is 25.1 Å². The molecule has 2 N–H and O–H groups in total. The first-order valence-corrected chi connectivity index (χ1v) is 7.04. The van der Waals surface area contributed by atoms with Crippen LogP contribution in [0.1, 0.15) is 18.4 Å². The van der Waals surface area contributed by atoms with E-state index in [1.807, 2.05) is 42.5 Å². The van der Waals surface area contributed by atoms with E-state index in [1.54, 1.807) is 7.11 Å². The van der Waals surface area contributed by atoms with Crippen molar-refractivity contribution in [2.75, 3.05) is 20.2 Å². The normalized spacial score (nSPS) is 22.2. The molecule has 4 heteroatoms. The zero-order valence-corrected chi connectivity index (χ0v) is 11.8. The smallest absolute Gasteiger partial charge is 0.220 e. The number of allylic oxidation sites excluding steroid dienone is 1. The van der Waals surface area contributed by atoms with E-state index in [4.69, 9.17) is 4.74 Å². The Morgan fingerprint density at radius 2 is 2.20 bits per heavy atom. The van der Waals surface area contributed by atoms with Crippen LogP contribution in [0.4, 0.5) is 0 Å². The number of ether oxygens (including phenoxy) is 1. The Hall–Kier alpha value is -1.65. The summed E-state index contributed by atoms with van der Waals surface area (Å²) in [4.78, 5) is 11.8. The second kappa shape index (κ2) is 7.82. The van der Waals surface area contributed by atoms with Crippen LogP contribution in [-0.4, -0.2) is 38.3 Å². The van der Waals surface area contributed by atoms with Gasteiger partial charge in [0.05, 0.1) is 12.1 Å². The number of benzene rings is 1. The summed E-state index contributed by atoms with van der Waals surface area (Å²) in [7, 11) is 1.68. The van der Waals surface area contributed by atoms with Gasteiger partial charge in [0.1, 0.15) is 0 Å². The maximum absolute atomic E-state index is 11.8. The first-order chi connectivity index (χ1) is 9.79. The average molecular weight is 274 g/mol. The van der Waals surface area contributed by atoms with Gasteiger partial charge < -0.3 is 15.4 Å². The van der Waals surface area contributed by atoms with Crippen molar-refractivity contribution in [3.05, 3.63) is 42.0 Å². The Kier molecular flexibility index (Phi) is 5.77. The van der Waals surface area contributed by atoms with Crippen molar-refractivity contribution in [2.24, 2.45) is 0 Å². The lowest BCUT2D eigenvalue weighted by atomic mass is 10.1. The van der Waals surface area contributed by atoms with Crippen LogP contribution in [-0.2, 0) is 9.53 Å². The lowest BCUT2D eigenvalue weighted by Crippen LogP contribution is -2.43. The molecule has 1 aliphatic heterocycles. The number of hydrogen-bond acceptors (Lipinski definition) is 3. The van der Waals surface area contributed by atoms with Crippen molar-refractivity contribution in [1.29, 1.82) is 0 Å². The van der Waals surface area contributed by atoms with Crippen molar-refractivity contribution in [3.63, 3.8) is 0 Å². The molecule has 20 heavy (non-hydrogen) atoms. The fourth-order valence-corrected chi connectivity index (χ4v) is 2.32. The van der Waals surface area contributed by atoms with E-state index < -0.39 is 0 Å². The quantitative estimate of drug-likeness (QED) is 0.828. The number of carbonyl (C=O) groups is 1. The number of rotatable bonds is 6. The van der Waals surface area contributed by atoms with Gasteiger partial charge in [0.15, 0.2) is 0 Å². The highest BCUT2D eigenvalue weighted by molar-refractivity contribution is 5.76. The highest BCUT2D eigenvalue weighted by Gasteiger charge is 2.27. The summed E-state index contributed by atoms with van der Waals surface area (Å²) in [5, 5.41) is 6.23. The third-order valence-electron chi connectivity index (χ3n) is 3.46. The molecule has 4 nitrogen and oxygen atoms in total. The van der Waals surface area contributed by atoms with E-state index in [1.165, 1.54) is 0 Å². The van der Waals surface area contributed by atoms with Crippen LogP contribution in [0.5, 0.6) is 0 Å². The van der Waals surface area contributed by atoms with E-state index >= 15 is 0 Å². The van der Waals surface area contributed by atoms with Gasteiger partial charge in [0.2, 0.25) is 5.91 Å². The molecule has 1 aromatic carbocycles. The summed E-state index contributed by atoms with van der Waals surface area (Å²) < 4.78 is 5.32. The molecule has 1 aromatic rings. The molecule has 0 unspecified atom stereocenters. The Morgan fingerprint density at radius 3 is 2.95 bits per heavy atom. The Labute approximate surface area is 120 Å². The summed E-state index contributed by atoms with van der Waals surface area (Å²) in [5.74, 6) is 0.0819. The number of nitrogens with one attached hydrogen (secondary N) is 2. The molecule has 1 amide bonds. The fourth-order valence-electron chi connectivity index (χ4n) is 2.32. The third-order valence-corrected chi connectivity index (χ3v) is 3.46. The van der Waals surface area contributed by atoms with Crippen LogP contribution in [0, 0.1) is 0 Å². The zero-order chi connectivity index (χ0) is 14.2. The SMILES string of the molecule is CO[C@H]1CNC[C@H]1NC(=O)CC/C=C/c1ccccc1. The van der Waals surface area contributed by atoms with Crippen molar-refractivity contribution in [3.8, 4) is 0 Å².